The van der Waals surface area contributed by atoms with E-state index in [2.05, 4.69) is 21.5 Å². The molecular formula is C16H13N5O3. The fourth-order valence-electron chi connectivity index (χ4n) is 3.47. The summed E-state index contributed by atoms with van der Waals surface area (Å²) in [5.74, 6) is 0.561. The van der Waals surface area contributed by atoms with E-state index in [1.54, 1.807) is 4.90 Å². The number of benzene rings is 1. The number of nitrogens with zero attached hydrogens (tertiary/aromatic N) is 4. The lowest BCUT2D eigenvalue weighted by Gasteiger charge is -2.27. The number of carbonyl (C=O) groups excluding carboxylic acids is 1. The number of aromatic nitrogens is 2. The Kier molecular flexibility index (Phi) is 2.26. The van der Waals surface area contributed by atoms with Gasteiger partial charge in [-0.25, -0.2) is 4.79 Å². The molecule has 0 radical (unpaired) electrons. The molecule has 2 aliphatic heterocycles. The molecule has 1 aliphatic carbocycles. The first-order valence-corrected chi connectivity index (χ1v) is 7.74. The first-order valence-electron chi connectivity index (χ1n) is 7.74. The van der Waals surface area contributed by atoms with E-state index < -0.39 is 11.8 Å². The number of carbonyl (C=O) groups is 1. The van der Waals surface area contributed by atoms with Crippen molar-refractivity contribution in [1.82, 2.24) is 10.1 Å². The van der Waals surface area contributed by atoms with Crippen molar-refractivity contribution in [2.75, 3.05) is 10.2 Å². The first kappa shape index (κ1) is 13.4. The summed E-state index contributed by atoms with van der Waals surface area (Å²) in [6.45, 7) is 1.86. The van der Waals surface area contributed by atoms with Crippen LogP contribution in [0.25, 0.3) is 0 Å². The van der Waals surface area contributed by atoms with Gasteiger partial charge in [0.05, 0.1) is 11.5 Å². The summed E-state index contributed by atoms with van der Waals surface area (Å²) in [6, 6.07) is 9.50. The highest BCUT2D eigenvalue weighted by molar-refractivity contribution is 5.92. The van der Waals surface area contributed by atoms with E-state index in [1.165, 1.54) is 0 Å². The maximum atomic E-state index is 12.4. The molecule has 2 aromatic rings. The Morgan fingerprint density at radius 1 is 1.38 bits per heavy atom. The van der Waals surface area contributed by atoms with E-state index in [4.69, 9.17) is 9.26 Å². The van der Waals surface area contributed by atoms with Gasteiger partial charge >= 0.3 is 6.09 Å². The number of nitrogens with one attached hydrogen (secondary N) is 1. The van der Waals surface area contributed by atoms with Crippen LogP contribution >= 0.6 is 0 Å². The van der Waals surface area contributed by atoms with Gasteiger partial charge in [-0.05, 0) is 42.6 Å². The topological polar surface area (TPSA) is 104 Å². The molecule has 8 heteroatoms. The maximum absolute atomic E-state index is 12.4. The van der Waals surface area contributed by atoms with Crippen molar-refractivity contribution in [2.24, 2.45) is 0 Å². The van der Waals surface area contributed by atoms with Crippen molar-refractivity contribution in [3.8, 4) is 6.07 Å². The third-order valence-corrected chi connectivity index (χ3v) is 5.12. The number of hydrogen-bond acceptors (Lipinski definition) is 7. The first-order chi connectivity index (χ1) is 11.6. The van der Waals surface area contributed by atoms with Gasteiger partial charge in [0.15, 0.2) is 0 Å². The second kappa shape index (κ2) is 4.06. The number of nitriles is 1. The van der Waals surface area contributed by atoms with E-state index in [1.807, 2.05) is 31.2 Å². The molecule has 5 rings (SSSR count). The van der Waals surface area contributed by atoms with E-state index in [0.29, 0.717) is 11.6 Å². The Morgan fingerprint density at radius 2 is 2.12 bits per heavy atom. The van der Waals surface area contributed by atoms with Crippen molar-refractivity contribution in [2.45, 2.75) is 36.9 Å². The van der Waals surface area contributed by atoms with Gasteiger partial charge in [0, 0.05) is 5.69 Å². The van der Waals surface area contributed by atoms with Crippen LogP contribution in [-0.2, 0) is 15.9 Å². The van der Waals surface area contributed by atoms with E-state index in [9.17, 15) is 10.1 Å². The zero-order valence-corrected chi connectivity index (χ0v) is 12.8. The molecule has 1 saturated heterocycles. The molecule has 1 spiro atoms. The van der Waals surface area contributed by atoms with E-state index in [-0.39, 0.29) is 17.3 Å². The smallest absolute Gasteiger partial charge is 0.410 e. The molecule has 1 aromatic carbocycles. The van der Waals surface area contributed by atoms with Gasteiger partial charge in [-0.2, -0.15) is 10.2 Å². The Morgan fingerprint density at radius 3 is 2.67 bits per heavy atom. The molecule has 2 atom stereocenters. The largest absolute Gasteiger partial charge is 0.417 e. The van der Waals surface area contributed by atoms with Crippen LogP contribution in [0, 0.1) is 11.3 Å². The molecular weight excluding hydrogens is 310 g/mol. The minimum Gasteiger partial charge on any atom is -0.410 e. The van der Waals surface area contributed by atoms with Crippen LogP contribution in [0.4, 0.5) is 16.4 Å². The predicted octanol–water partition coefficient (Wildman–Crippen LogP) is 2.25. The monoisotopic (exact) mass is 323 g/mol. The number of rotatable bonds is 2. The van der Waals surface area contributed by atoms with Crippen molar-refractivity contribution in [3.63, 3.8) is 0 Å². The average molecular weight is 323 g/mol. The number of ether oxygens (including phenoxy) is 1. The Labute approximate surface area is 137 Å². The average Bonchev–Trinajstić information content (AvgIpc) is 3.04. The normalized spacial score (nSPS) is 28.6. The molecule has 3 heterocycles. The van der Waals surface area contributed by atoms with E-state index >= 15 is 0 Å². The fourth-order valence-corrected chi connectivity index (χ4v) is 3.47. The quantitative estimate of drug-likeness (QED) is 0.903. The minimum absolute atomic E-state index is 0.249. The van der Waals surface area contributed by atoms with Gasteiger partial charge < -0.3 is 14.6 Å². The molecule has 1 amide bonds. The van der Waals surface area contributed by atoms with Gasteiger partial charge in [0.2, 0.25) is 0 Å². The lowest BCUT2D eigenvalue weighted by atomic mass is 9.97. The number of amides is 1. The van der Waals surface area contributed by atoms with E-state index in [0.717, 1.165) is 18.4 Å². The summed E-state index contributed by atoms with van der Waals surface area (Å²) in [5.41, 5.74) is 0.221. The van der Waals surface area contributed by atoms with Gasteiger partial charge in [-0.15, -0.1) is 0 Å². The van der Waals surface area contributed by atoms with Gasteiger partial charge in [-0.1, -0.05) is 12.1 Å². The van der Waals surface area contributed by atoms with Crippen LogP contribution in [-0.4, -0.2) is 22.3 Å². The standard InChI is InChI=1S/C16H13N5O3/c1-9-16(12-18-13(19-16)20-24-12)23-14(22)21(9)11-4-2-10(3-5-11)15(8-17)6-7-15/h2-5,9H,6-7H2,1H3,(H,19,20)/t9?,16-/m0/s1. The molecule has 120 valence electrons. The lowest BCUT2D eigenvalue weighted by Crippen LogP contribution is -2.46. The summed E-state index contributed by atoms with van der Waals surface area (Å²) in [6.07, 6.45) is 1.29. The van der Waals surface area contributed by atoms with Gasteiger partial charge in [-0.3, -0.25) is 4.90 Å². The second-order valence-corrected chi connectivity index (χ2v) is 6.44. The minimum atomic E-state index is -1.13. The van der Waals surface area contributed by atoms with Crippen LogP contribution in [0.15, 0.2) is 28.8 Å². The van der Waals surface area contributed by atoms with Crippen molar-refractivity contribution < 1.29 is 14.1 Å². The highest BCUT2D eigenvalue weighted by Crippen LogP contribution is 2.48. The zero-order chi connectivity index (χ0) is 16.5. The zero-order valence-electron chi connectivity index (χ0n) is 12.8. The lowest BCUT2D eigenvalue weighted by molar-refractivity contribution is 0.0313. The Bertz CT molecular complexity index is 895. The molecule has 8 nitrogen and oxygen atoms in total. The molecule has 3 aliphatic rings. The van der Waals surface area contributed by atoms with Crippen LogP contribution in [0.2, 0.25) is 0 Å². The van der Waals surface area contributed by atoms with Crippen molar-refractivity contribution in [3.05, 3.63) is 35.7 Å². The molecule has 1 N–H and O–H groups in total. The second-order valence-electron chi connectivity index (χ2n) is 6.44. The Balaban J connectivity index is 1.48. The number of anilines is 2. The van der Waals surface area contributed by atoms with Gasteiger partial charge in [0.25, 0.3) is 17.6 Å². The highest BCUT2D eigenvalue weighted by atomic mass is 16.6. The third-order valence-electron chi connectivity index (χ3n) is 5.12. The van der Waals surface area contributed by atoms with Crippen LogP contribution in [0.3, 0.4) is 0 Å². The van der Waals surface area contributed by atoms with Gasteiger partial charge in [0.1, 0.15) is 6.04 Å². The van der Waals surface area contributed by atoms with Crippen LogP contribution < -0.4 is 10.2 Å². The Hall–Kier alpha value is -3.08. The SMILES string of the molecule is CC1N(c2ccc(C3(C#N)CC3)cc2)C(=O)O[C@@]12Nc1noc2n1. The van der Waals surface area contributed by atoms with Crippen molar-refractivity contribution in [1.29, 1.82) is 5.26 Å². The molecule has 1 aromatic heterocycles. The molecule has 1 unspecified atom stereocenters. The van der Waals surface area contributed by atoms with Crippen molar-refractivity contribution >= 4 is 17.7 Å². The maximum Gasteiger partial charge on any atom is 0.417 e. The summed E-state index contributed by atoms with van der Waals surface area (Å²) in [4.78, 5) is 18.1. The predicted molar refractivity (Wildman–Crippen MR) is 81.0 cm³/mol. The molecule has 2 bridgehead atoms. The molecule has 2 fully saturated rings. The summed E-state index contributed by atoms with van der Waals surface area (Å²) in [5, 5.41) is 16.0. The summed E-state index contributed by atoms with van der Waals surface area (Å²) in [7, 11) is 0. The number of hydrogen-bond donors (Lipinski definition) is 1. The number of fused-ring (bicyclic) bond motifs is 3. The van der Waals surface area contributed by atoms with Crippen LogP contribution in [0.1, 0.15) is 31.2 Å². The highest BCUT2D eigenvalue weighted by Gasteiger charge is 2.61. The van der Waals surface area contributed by atoms with Crippen LogP contribution in [0.5, 0.6) is 0 Å². The summed E-state index contributed by atoms with van der Waals surface area (Å²) >= 11 is 0. The summed E-state index contributed by atoms with van der Waals surface area (Å²) < 4.78 is 10.7. The fraction of sp³-hybridized carbons (Fsp3) is 0.375. The molecule has 24 heavy (non-hydrogen) atoms. The third kappa shape index (κ3) is 1.49. The molecule has 1 saturated carbocycles.